The topological polar surface area (TPSA) is 110 Å². The van der Waals surface area contributed by atoms with Gasteiger partial charge in [0.1, 0.15) is 16.8 Å². The van der Waals surface area contributed by atoms with Crippen molar-refractivity contribution in [3.05, 3.63) is 24.0 Å². The molecule has 0 radical (unpaired) electrons. The number of anilines is 1. The molecule has 1 aromatic carbocycles. The molecule has 1 aliphatic rings. The fourth-order valence-corrected chi connectivity index (χ4v) is 3.80. The van der Waals surface area contributed by atoms with Crippen LogP contribution >= 0.6 is 0 Å². The number of imide groups is 1. The molecule has 0 aliphatic carbocycles. The van der Waals surface area contributed by atoms with Gasteiger partial charge < -0.3 is 5.73 Å². The van der Waals surface area contributed by atoms with Crippen LogP contribution in [0.15, 0.2) is 23.1 Å². The Morgan fingerprint density at radius 2 is 2.10 bits per heavy atom. The molecule has 2 amide bonds. The van der Waals surface area contributed by atoms with Gasteiger partial charge in [0, 0.05) is 5.69 Å². The highest BCUT2D eigenvalue weighted by molar-refractivity contribution is 7.89. The first kappa shape index (κ1) is 15.4. The molecule has 1 heterocycles. The second-order valence-corrected chi connectivity index (χ2v) is 6.44. The summed E-state index contributed by atoms with van der Waals surface area (Å²) in [6.45, 7) is 1.07. The normalized spacial score (nSPS) is 20.4. The quantitative estimate of drug-likeness (QED) is 0.594. The monoisotopic (exact) mass is 315 g/mol. The molecule has 21 heavy (non-hydrogen) atoms. The number of carbonyl (C=O) groups is 2. The molecule has 9 heteroatoms. The van der Waals surface area contributed by atoms with Gasteiger partial charge >= 0.3 is 0 Å². The number of amides is 2. The summed E-state index contributed by atoms with van der Waals surface area (Å²) < 4.78 is 39.6. The van der Waals surface area contributed by atoms with E-state index in [0.29, 0.717) is 4.31 Å². The number of nitrogens with zero attached hydrogens (tertiary/aromatic N) is 1. The number of benzene rings is 1. The molecule has 1 saturated heterocycles. The van der Waals surface area contributed by atoms with E-state index in [-0.39, 0.29) is 12.1 Å². The molecule has 1 fully saturated rings. The SMILES string of the molecule is CCC1C(=O)NC(=O)CN1S(=O)(=O)c1ccc(N)cc1F. The van der Waals surface area contributed by atoms with E-state index in [9.17, 15) is 22.4 Å². The second-order valence-electron chi connectivity index (χ2n) is 4.58. The summed E-state index contributed by atoms with van der Waals surface area (Å²) in [5, 5.41) is 2.06. The maximum Gasteiger partial charge on any atom is 0.247 e. The number of nitrogens with one attached hydrogen (secondary N) is 1. The van der Waals surface area contributed by atoms with Gasteiger partial charge in [-0.2, -0.15) is 4.31 Å². The zero-order valence-electron chi connectivity index (χ0n) is 11.2. The number of nitrogen functional groups attached to an aromatic ring is 1. The van der Waals surface area contributed by atoms with Crippen molar-refractivity contribution in [3.8, 4) is 0 Å². The fourth-order valence-electron chi connectivity index (χ4n) is 2.14. The lowest BCUT2D eigenvalue weighted by Crippen LogP contribution is -2.59. The lowest BCUT2D eigenvalue weighted by atomic mass is 10.2. The first-order valence-corrected chi connectivity index (χ1v) is 7.62. The Morgan fingerprint density at radius 3 is 2.67 bits per heavy atom. The molecular formula is C12H14FN3O4S. The van der Waals surface area contributed by atoms with Gasteiger partial charge in [-0.15, -0.1) is 0 Å². The van der Waals surface area contributed by atoms with Gasteiger partial charge in [0.25, 0.3) is 0 Å². The Bertz CT molecular complexity index is 704. The van der Waals surface area contributed by atoms with Gasteiger partial charge in [-0.05, 0) is 24.6 Å². The van der Waals surface area contributed by atoms with Crippen LogP contribution in [0.5, 0.6) is 0 Å². The third-order valence-corrected chi connectivity index (χ3v) is 5.03. The van der Waals surface area contributed by atoms with Gasteiger partial charge in [-0.1, -0.05) is 6.92 Å². The zero-order valence-corrected chi connectivity index (χ0v) is 12.0. The third kappa shape index (κ3) is 2.74. The van der Waals surface area contributed by atoms with Crippen molar-refractivity contribution in [2.45, 2.75) is 24.3 Å². The van der Waals surface area contributed by atoms with Crippen LogP contribution in [0, 0.1) is 5.82 Å². The van der Waals surface area contributed by atoms with Crippen molar-refractivity contribution in [1.82, 2.24) is 9.62 Å². The number of rotatable bonds is 3. The summed E-state index contributed by atoms with van der Waals surface area (Å²) in [4.78, 5) is 22.5. The number of piperazine rings is 1. The van der Waals surface area contributed by atoms with E-state index >= 15 is 0 Å². The summed E-state index contributed by atoms with van der Waals surface area (Å²) in [5.41, 5.74) is 5.46. The summed E-state index contributed by atoms with van der Waals surface area (Å²) in [6.07, 6.45) is 0.162. The lowest BCUT2D eigenvalue weighted by Gasteiger charge is -2.32. The first-order chi connectivity index (χ1) is 9.77. The van der Waals surface area contributed by atoms with Crippen LogP contribution < -0.4 is 11.1 Å². The van der Waals surface area contributed by atoms with Crippen molar-refractivity contribution in [2.75, 3.05) is 12.3 Å². The van der Waals surface area contributed by atoms with Crippen LogP contribution in [0.2, 0.25) is 0 Å². The van der Waals surface area contributed by atoms with E-state index in [4.69, 9.17) is 5.73 Å². The van der Waals surface area contributed by atoms with Crippen LogP contribution in [0.3, 0.4) is 0 Å². The van der Waals surface area contributed by atoms with E-state index in [1.54, 1.807) is 6.92 Å². The Balaban J connectivity index is 2.50. The predicted octanol–water partition coefficient (Wildman–Crippen LogP) is -0.166. The molecule has 0 bridgehead atoms. The van der Waals surface area contributed by atoms with Crippen molar-refractivity contribution < 1.29 is 22.4 Å². The van der Waals surface area contributed by atoms with Crippen molar-refractivity contribution in [3.63, 3.8) is 0 Å². The summed E-state index contributed by atoms with van der Waals surface area (Å²) in [7, 11) is -4.32. The molecule has 1 atom stereocenters. The molecule has 3 N–H and O–H groups in total. The standard InChI is InChI=1S/C12H14FN3O4S/c1-2-9-12(18)15-11(17)6-16(9)21(19,20)10-4-3-7(14)5-8(10)13/h3-5,9H,2,6,14H2,1H3,(H,15,17,18). The fraction of sp³-hybridized carbons (Fsp3) is 0.333. The molecule has 0 saturated carbocycles. The van der Waals surface area contributed by atoms with Gasteiger partial charge in [0.2, 0.25) is 21.8 Å². The second kappa shape index (κ2) is 5.41. The molecule has 114 valence electrons. The minimum atomic E-state index is -4.32. The van der Waals surface area contributed by atoms with Gasteiger partial charge in [-0.3, -0.25) is 14.9 Å². The number of nitrogens with two attached hydrogens (primary N) is 1. The number of halogens is 1. The zero-order chi connectivity index (χ0) is 15.8. The Labute approximate surface area is 121 Å². The minimum absolute atomic E-state index is 0.0750. The van der Waals surface area contributed by atoms with E-state index in [0.717, 1.165) is 12.1 Å². The van der Waals surface area contributed by atoms with Crippen LogP contribution in [0.1, 0.15) is 13.3 Å². The van der Waals surface area contributed by atoms with E-state index in [1.807, 2.05) is 0 Å². The highest BCUT2D eigenvalue weighted by Gasteiger charge is 2.41. The third-order valence-electron chi connectivity index (χ3n) is 3.14. The smallest absolute Gasteiger partial charge is 0.247 e. The average molecular weight is 315 g/mol. The molecule has 2 rings (SSSR count). The number of sulfonamides is 1. The first-order valence-electron chi connectivity index (χ1n) is 6.18. The number of hydrogen-bond donors (Lipinski definition) is 2. The summed E-state index contributed by atoms with van der Waals surface area (Å²) >= 11 is 0. The number of carbonyl (C=O) groups excluding carboxylic acids is 2. The predicted molar refractivity (Wildman–Crippen MR) is 71.9 cm³/mol. The van der Waals surface area contributed by atoms with Gasteiger partial charge in [0.05, 0.1) is 6.54 Å². The van der Waals surface area contributed by atoms with Gasteiger partial charge in [-0.25, -0.2) is 12.8 Å². The maximum absolute atomic E-state index is 13.9. The van der Waals surface area contributed by atoms with Crippen LogP contribution in [0.4, 0.5) is 10.1 Å². The molecule has 1 aliphatic heterocycles. The van der Waals surface area contributed by atoms with E-state index < -0.39 is 45.1 Å². The van der Waals surface area contributed by atoms with Crippen molar-refractivity contribution in [1.29, 1.82) is 0 Å². The molecule has 1 unspecified atom stereocenters. The largest absolute Gasteiger partial charge is 0.399 e. The molecule has 0 aromatic heterocycles. The molecule has 0 spiro atoms. The number of hydrogen-bond acceptors (Lipinski definition) is 5. The van der Waals surface area contributed by atoms with Crippen LogP contribution in [-0.4, -0.2) is 37.1 Å². The lowest BCUT2D eigenvalue weighted by molar-refractivity contribution is -0.137. The van der Waals surface area contributed by atoms with Crippen molar-refractivity contribution in [2.24, 2.45) is 0 Å². The molecule has 1 aromatic rings. The van der Waals surface area contributed by atoms with Crippen LogP contribution in [-0.2, 0) is 19.6 Å². The Hall–Kier alpha value is -2.00. The Kier molecular flexibility index (Phi) is 3.97. The highest BCUT2D eigenvalue weighted by atomic mass is 32.2. The summed E-state index contributed by atoms with van der Waals surface area (Å²) in [5.74, 6) is -2.49. The Morgan fingerprint density at radius 1 is 1.43 bits per heavy atom. The molecule has 7 nitrogen and oxygen atoms in total. The van der Waals surface area contributed by atoms with Gasteiger partial charge in [0.15, 0.2) is 0 Å². The molecular weight excluding hydrogens is 301 g/mol. The van der Waals surface area contributed by atoms with E-state index in [2.05, 4.69) is 5.32 Å². The van der Waals surface area contributed by atoms with Crippen molar-refractivity contribution >= 4 is 27.5 Å². The highest BCUT2D eigenvalue weighted by Crippen LogP contribution is 2.25. The van der Waals surface area contributed by atoms with E-state index in [1.165, 1.54) is 6.07 Å². The minimum Gasteiger partial charge on any atom is -0.399 e. The van der Waals surface area contributed by atoms with Crippen LogP contribution in [0.25, 0.3) is 0 Å². The maximum atomic E-state index is 13.9. The average Bonchev–Trinajstić information content (AvgIpc) is 2.37. The summed E-state index contributed by atoms with van der Waals surface area (Å²) in [6, 6.07) is 2.08.